The van der Waals surface area contributed by atoms with Crippen molar-refractivity contribution >= 4 is 23.2 Å². The second kappa shape index (κ2) is 5.75. The molecule has 0 bridgehead atoms. The molecule has 0 unspecified atom stereocenters. The second-order valence-electron chi connectivity index (χ2n) is 3.65. The number of carbonyl (C=O) groups is 1. The molecule has 0 fully saturated rings. The van der Waals surface area contributed by atoms with Crippen LogP contribution in [0.2, 0.25) is 0 Å². The maximum absolute atomic E-state index is 11.7. The van der Waals surface area contributed by atoms with E-state index < -0.39 is 0 Å². The van der Waals surface area contributed by atoms with E-state index in [0.717, 1.165) is 17.7 Å². The fourth-order valence-corrected chi connectivity index (χ4v) is 1.76. The molecular weight excluding hydrogens is 226 g/mol. The molecule has 0 radical (unpaired) electrons. The minimum atomic E-state index is -0.114. The molecule has 0 aliphatic rings. The molecule has 0 aliphatic heterocycles. The van der Waals surface area contributed by atoms with E-state index in [9.17, 15) is 9.90 Å². The second-order valence-corrected chi connectivity index (χ2v) is 3.92. The summed E-state index contributed by atoms with van der Waals surface area (Å²) in [5, 5.41) is 9.32. The molecule has 1 aromatic carbocycles. The van der Waals surface area contributed by atoms with Crippen LogP contribution in [-0.4, -0.2) is 23.4 Å². The van der Waals surface area contributed by atoms with Crippen LogP contribution in [0.1, 0.15) is 18.9 Å². The number of nitrogens with zero attached hydrogens (tertiary/aromatic N) is 1. The standard InChI is InChI=1S/C12H16ClNO2/c1-3-6-14(12(16)8-13)11-5-4-10(15)7-9(11)2/h4-5,7,15H,3,6,8H2,1-2H3. The number of phenolic OH excluding ortho intramolecular Hbond substituents is 1. The third-order valence-electron chi connectivity index (χ3n) is 2.33. The molecular formula is C12H16ClNO2. The van der Waals surface area contributed by atoms with Crippen LogP contribution in [0.4, 0.5) is 5.69 Å². The summed E-state index contributed by atoms with van der Waals surface area (Å²) in [5.74, 6) is 0.0636. The smallest absolute Gasteiger partial charge is 0.241 e. The van der Waals surface area contributed by atoms with Crippen LogP contribution >= 0.6 is 11.6 Å². The molecule has 0 atom stereocenters. The number of aromatic hydroxyl groups is 1. The minimum Gasteiger partial charge on any atom is -0.508 e. The molecule has 3 nitrogen and oxygen atoms in total. The maximum atomic E-state index is 11.7. The fraction of sp³-hybridized carbons (Fsp3) is 0.417. The zero-order valence-electron chi connectivity index (χ0n) is 9.53. The Hall–Kier alpha value is -1.22. The largest absolute Gasteiger partial charge is 0.508 e. The highest BCUT2D eigenvalue weighted by atomic mass is 35.5. The van der Waals surface area contributed by atoms with E-state index in [2.05, 4.69) is 0 Å². The van der Waals surface area contributed by atoms with Crippen molar-refractivity contribution in [2.24, 2.45) is 0 Å². The van der Waals surface area contributed by atoms with Gasteiger partial charge in [0, 0.05) is 12.2 Å². The molecule has 0 aliphatic carbocycles. The molecule has 88 valence electrons. The number of phenols is 1. The van der Waals surface area contributed by atoms with Gasteiger partial charge in [0.1, 0.15) is 11.6 Å². The van der Waals surface area contributed by atoms with Gasteiger partial charge in [-0.1, -0.05) is 6.92 Å². The van der Waals surface area contributed by atoms with Gasteiger partial charge >= 0.3 is 0 Å². The number of hydrogen-bond acceptors (Lipinski definition) is 2. The highest BCUT2D eigenvalue weighted by Crippen LogP contribution is 2.24. The van der Waals surface area contributed by atoms with E-state index in [1.165, 1.54) is 0 Å². The van der Waals surface area contributed by atoms with Gasteiger partial charge in [-0.2, -0.15) is 0 Å². The van der Waals surface area contributed by atoms with Gasteiger partial charge < -0.3 is 10.0 Å². The lowest BCUT2D eigenvalue weighted by Crippen LogP contribution is -2.33. The summed E-state index contributed by atoms with van der Waals surface area (Å²) in [6.45, 7) is 4.50. The van der Waals surface area contributed by atoms with Gasteiger partial charge in [-0.15, -0.1) is 11.6 Å². The molecule has 4 heteroatoms. The Morgan fingerprint density at radius 1 is 1.50 bits per heavy atom. The first-order chi connectivity index (χ1) is 7.60. The number of hydrogen-bond donors (Lipinski definition) is 1. The summed E-state index contributed by atoms with van der Waals surface area (Å²) >= 11 is 5.58. The Labute approximate surface area is 101 Å². The van der Waals surface area contributed by atoms with E-state index in [-0.39, 0.29) is 17.5 Å². The van der Waals surface area contributed by atoms with Crippen molar-refractivity contribution in [3.63, 3.8) is 0 Å². The third-order valence-corrected chi connectivity index (χ3v) is 2.56. The van der Waals surface area contributed by atoms with E-state index in [1.807, 2.05) is 13.8 Å². The molecule has 0 heterocycles. The summed E-state index contributed by atoms with van der Waals surface area (Å²) in [7, 11) is 0. The van der Waals surface area contributed by atoms with Gasteiger partial charge in [-0.05, 0) is 37.1 Å². The lowest BCUT2D eigenvalue weighted by Gasteiger charge is -2.23. The minimum absolute atomic E-state index is 0.0275. The highest BCUT2D eigenvalue weighted by Gasteiger charge is 2.15. The van der Waals surface area contributed by atoms with Gasteiger partial charge in [-0.3, -0.25) is 4.79 Å². The fourth-order valence-electron chi connectivity index (χ4n) is 1.62. The monoisotopic (exact) mass is 241 g/mol. The van der Waals surface area contributed by atoms with Gasteiger partial charge in [-0.25, -0.2) is 0 Å². The summed E-state index contributed by atoms with van der Waals surface area (Å²) < 4.78 is 0. The van der Waals surface area contributed by atoms with Crippen molar-refractivity contribution in [2.45, 2.75) is 20.3 Å². The quantitative estimate of drug-likeness (QED) is 0.824. The Morgan fingerprint density at radius 2 is 2.19 bits per heavy atom. The zero-order chi connectivity index (χ0) is 12.1. The van der Waals surface area contributed by atoms with Crippen LogP contribution in [0.3, 0.4) is 0 Å². The average Bonchev–Trinajstić information content (AvgIpc) is 2.26. The third kappa shape index (κ3) is 2.89. The Bertz CT molecular complexity index is 379. The van der Waals surface area contributed by atoms with E-state index in [1.54, 1.807) is 23.1 Å². The SMILES string of the molecule is CCCN(C(=O)CCl)c1ccc(O)cc1C. The lowest BCUT2D eigenvalue weighted by atomic mass is 10.1. The Kier molecular flexibility index (Phi) is 4.62. The molecule has 0 saturated carbocycles. The Morgan fingerprint density at radius 3 is 2.69 bits per heavy atom. The van der Waals surface area contributed by atoms with Crippen molar-refractivity contribution in [3.8, 4) is 5.75 Å². The number of anilines is 1. The van der Waals surface area contributed by atoms with Gasteiger partial charge in [0.05, 0.1) is 0 Å². The summed E-state index contributed by atoms with van der Waals surface area (Å²) in [6.07, 6.45) is 0.864. The number of halogens is 1. The molecule has 0 saturated heterocycles. The number of amides is 1. The molecule has 0 aromatic heterocycles. The summed E-state index contributed by atoms with van der Waals surface area (Å²) in [4.78, 5) is 13.3. The Balaban J connectivity index is 3.05. The predicted molar refractivity (Wildman–Crippen MR) is 66.2 cm³/mol. The van der Waals surface area contributed by atoms with Crippen LogP contribution in [0.5, 0.6) is 5.75 Å². The number of alkyl halides is 1. The molecule has 16 heavy (non-hydrogen) atoms. The van der Waals surface area contributed by atoms with Crippen molar-refractivity contribution in [2.75, 3.05) is 17.3 Å². The molecule has 1 rings (SSSR count). The first-order valence-electron chi connectivity index (χ1n) is 5.26. The molecule has 1 N–H and O–H groups in total. The van der Waals surface area contributed by atoms with Crippen LogP contribution in [0.15, 0.2) is 18.2 Å². The topological polar surface area (TPSA) is 40.5 Å². The van der Waals surface area contributed by atoms with Crippen molar-refractivity contribution in [1.29, 1.82) is 0 Å². The van der Waals surface area contributed by atoms with E-state index in [0.29, 0.717) is 6.54 Å². The van der Waals surface area contributed by atoms with Crippen LogP contribution in [0, 0.1) is 6.92 Å². The van der Waals surface area contributed by atoms with Crippen molar-refractivity contribution in [3.05, 3.63) is 23.8 Å². The van der Waals surface area contributed by atoms with Crippen molar-refractivity contribution < 1.29 is 9.90 Å². The first kappa shape index (κ1) is 12.8. The van der Waals surface area contributed by atoms with Crippen LogP contribution in [0.25, 0.3) is 0 Å². The van der Waals surface area contributed by atoms with Gasteiger partial charge in [0.2, 0.25) is 5.91 Å². The van der Waals surface area contributed by atoms with Gasteiger partial charge in [0.25, 0.3) is 0 Å². The lowest BCUT2D eigenvalue weighted by molar-refractivity contribution is -0.116. The molecule has 1 aromatic rings. The normalized spacial score (nSPS) is 10.2. The number of benzene rings is 1. The highest BCUT2D eigenvalue weighted by molar-refractivity contribution is 6.29. The summed E-state index contributed by atoms with van der Waals surface area (Å²) in [5.41, 5.74) is 1.68. The van der Waals surface area contributed by atoms with E-state index in [4.69, 9.17) is 11.6 Å². The first-order valence-corrected chi connectivity index (χ1v) is 5.79. The molecule has 1 amide bonds. The maximum Gasteiger partial charge on any atom is 0.241 e. The average molecular weight is 242 g/mol. The van der Waals surface area contributed by atoms with Gasteiger partial charge in [0.15, 0.2) is 0 Å². The van der Waals surface area contributed by atoms with Crippen molar-refractivity contribution in [1.82, 2.24) is 0 Å². The predicted octanol–water partition coefficient (Wildman–Crippen LogP) is 2.68. The van der Waals surface area contributed by atoms with Crippen LogP contribution < -0.4 is 4.90 Å². The number of rotatable bonds is 4. The van der Waals surface area contributed by atoms with E-state index >= 15 is 0 Å². The number of carbonyl (C=O) groups excluding carboxylic acids is 1. The molecule has 0 spiro atoms. The summed E-state index contributed by atoms with van der Waals surface area (Å²) in [6, 6.07) is 4.96. The van der Waals surface area contributed by atoms with Crippen LogP contribution in [-0.2, 0) is 4.79 Å². The number of aryl methyl sites for hydroxylation is 1. The zero-order valence-corrected chi connectivity index (χ0v) is 10.3.